The van der Waals surface area contributed by atoms with Crippen molar-refractivity contribution < 1.29 is 9.59 Å². The van der Waals surface area contributed by atoms with Gasteiger partial charge in [-0.1, -0.05) is 17.7 Å². The number of amides is 2. The lowest BCUT2D eigenvalue weighted by molar-refractivity contribution is 0.0692. The lowest BCUT2D eigenvalue weighted by Gasteiger charge is -2.32. The predicted molar refractivity (Wildman–Crippen MR) is 113 cm³/mol. The zero-order valence-electron chi connectivity index (χ0n) is 17.4. The average molecular weight is 407 g/mol. The van der Waals surface area contributed by atoms with E-state index in [9.17, 15) is 14.4 Å². The number of hydrogen-bond acceptors (Lipinski definition) is 4. The van der Waals surface area contributed by atoms with E-state index >= 15 is 0 Å². The predicted octanol–water partition coefficient (Wildman–Crippen LogP) is 1.98. The standard InChI is InChI=1S/C22H25N5O3/c1-13-4-5-14(2)17(10-13)20(28)24-16-6-8-26(9-7-16)22(30)18-11-19-21(29)23-15(3)12-27(19)25-18/h4-5,10-12,16H,6-9H2,1-3H3,(H,23,29)(H,24,28). The van der Waals surface area contributed by atoms with E-state index in [1.807, 2.05) is 32.0 Å². The van der Waals surface area contributed by atoms with Crippen LogP contribution < -0.4 is 10.9 Å². The van der Waals surface area contributed by atoms with Crippen LogP contribution in [-0.4, -0.2) is 50.4 Å². The van der Waals surface area contributed by atoms with Crippen molar-refractivity contribution in [2.45, 2.75) is 39.7 Å². The highest BCUT2D eigenvalue weighted by Crippen LogP contribution is 2.16. The van der Waals surface area contributed by atoms with E-state index in [2.05, 4.69) is 15.4 Å². The van der Waals surface area contributed by atoms with Crippen LogP contribution in [0.15, 0.2) is 35.3 Å². The molecule has 0 aliphatic carbocycles. The summed E-state index contributed by atoms with van der Waals surface area (Å²) in [6, 6.07) is 7.39. The number of aryl methyl sites for hydroxylation is 3. The summed E-state index contributed by atoms with van der Waals surface area (Å²) in [5, 5.41) is 7.37. The minimum Gasteiger partial charge on any atom is -0.349 e. The van der Waals surface area contributed by atoms with Crippen LogP contribution in [0.2, 0.25) is 0 Å². The van der Waals surface area contributed by atoms with E-state index < -0.39 is 0 Å². The zero-order valence-corrected chi connectivity index (χ0v) is 17.4. The summed E-state index contributed by atoms with van der Waals surface area (Å²) in [6.07, 6.45) is 3.04. The van der Waals surface area contributed by atoms with Crippen molar-refractivity contribution in [2.75, 3.05) is 13.1 Å². The Morgan fingerprint density at radius 3 is 2.60 bits per heavy atom. The van der Waals surface area contributed by atoms with Crippen LogP contribution in [-0.2, 0) is 0 Å². The number of aromatic amines is 1. The molecule has 1 aliphatic rings. The third-order valence-corrected chi connectivity index (χ3v) is 5.57. The zero-order chi connectivity index (χ0) is 21.4. The molecule has 1 aliphatic heterocycles. The Kier molecular flexibility index (Phi) is 5.15. The first-order valence-electron chi connectivity index (χ1n) is 10.1. The molecule has 0 unspecified atom stereocenters. The average Bonchev–Trinajstić information content (AvgIpc) is 3.14. The van der Waals surface area contributed by atoms with Crippen LogP contribution in [0.1, 0.15) is 50.5 Å². The van der Waals surface area contributed by atoms with Gasteiger partial charge in [0.2, 0.25) is 0 Å². The van der Waals surface area contributed by atoms with Gasteiger partial charge in [-0.25, -0.2) is 4.52 Å². The highest BCUT2D eigenvalue weighted by atomic mass is 16.2. The highest BCUT2D eigenvalue weighted by Gasteiger charge is 2.27. The number of carbonyl (C=O) groups is 2. The number of carbonyl (C=O) groups excluding carboxylic acids is 2. The summed E-state index contributed by atoms with van der Waals surface area (Å²) in [5.41, 5.74) is 3.70. The molecule has 2 amide bonds. The lowest BCUT2D eigenvalue weighted by Crippen LogP contribution is -2.46. The van der Waals surface area contributed by atoms with E-state index in [1.54, 1.807) is 18.0 Å². The van der Waals surface area contributed by atoms with Crippen LogP contribution in [0.4, 0.5) is 0 Å². The number of H-pyrrole nitrogens is 1. The van der Waals surface area contributed by atoms with Crippen LogP contribution in [0.25, 0.3) is 5.52 Å². The van der Waals surface area contributed by atoms with Gasteiger partial charge in [-0.3, -0.25) is 14.4 Å². The molecule has 0 saturated carbocycles. The van der Waals surface area contributed by atoms with Crippen LogP contribution in [0, 0.1) is 20.8 Å². The van der Waals surface area contributed by atoms with Gasteiger partial charge in [0.25, 0.3) is 17.4 Å². The maximum absolute atomic E-state index is 12.8. The second-order valence-electron chi connectivity index (χ2n) is 7.98. The Morgan fingerprint density at radius 1 is 1.13 bits per heavy atom. The van der Waals surface area contributed by atoms with Crippen molar-refractivity contribution in [1.29, 1.82) is 0 Å². The number of benzene rings is 1. The Balaban J connectivity index is 1.40. The van der Waals surface area contributed by atoms with Gasteiger partial charge in [-0.2, -0.15) is 5.10 Å². The van der Waals surface area contributed by atoms with Crippen molar-refractivity contribution in [3.63, 3.8) is 0 Å². The Morgan fingerprint density at radius 2 is 1.87 bits per heavy atom. The van der Waals surface area contributed by atoms with E-state index in [1.165, 1.54) is 10.6 Å². The number of hydrogen-bond donors (Lipinski definition) is 2. The lowest BCUT2D eigenvalue weighted by atomic mass is 10.0. The van der Waals surface area contributed by atoms with Crippen molar-refractivity contribution >= 4 is 17.3 Å². The molecule has 2 N–H and O–H groups in total. The number of piperidine rings is 1. The summed E-state index contributed by atoms with van der Waals surface area (Å²) in [7, 11) is 0. The molecule has 0 bridgehead atoms. The fourth-order valence-corrected chi connectivity index (χ4v) is 3.86. The monoisotopic (exact) mass is 407 g/mol. The Labute approximate surface area is 173 Å². The van der Waals surface area contributed by atoms with Gasteiger partial charge >= 0.3 is 0 Å². The number of likely N-dealkylation sites (tertiary alicyclic amines) is 1. The first kappa shape index (κ1) is 19.9. The van der Waals surface area contributed by atoms with Crippen LogP contribution in [0.3, 0.4) is 0 Å². The first-order valence-corrected chi connectivity index (χ1v) is 10.1. The van der Waals surface area contributed by atoms with Gasteiger partial charge in [0.1, 0.15) is 5.52 Å². The molecule has 0 spiro atoms. The van der Waals surface area contributed by atoms with Crippen LogP contribution in [0.5, 0.6) is 0 Å². The molecule has 0 radical (unpaired) electrons. The number of aromatic nitrogens is 3. The van der Waals surface area contributed by atoms with Crippen molar-refractivity contribution in [3.8, 4) is 0 Å². The topological polar surface area (TPSA) is 99.6 Å². The maximum atomic E-state index is 12.8. The summed E-state index contributed by atoms with van der Waals surface area (Å²) in [6.45, 7) is 6.72. The molecular formula is C22H25N5O3. The molecule has 3 heterocycles. The van der Waals surface area contributed by atoms with Gasteiger partial charge in [0.15, 0.2) is 5.69 Å². The minimum atomic E-state index is -0.269. The quantitative estimate of drug-likeness (QED) is 0.693. The molecular weight excluding hydrogens is 382 g/mol. The number of nitrogens with one attached hydrogen (secondary N) is 2. The van der Waals surface area contributed by atoms with Crippen molar-refractivity contribution in [3.05, 3.63) is 68.9 Å². The Bertz CT molecular complexity index is 1190. The molecule has 3 aromatic rings. The molecule has 1 fully saturated rings. The van der Waals surface area contributed by atoms with E-state index in [0.717, 1.165) is 11.1 Å². The highest BCUT2D eigenvalue weighted by molar-refractivity contribution is 5.96. The smallest absolute Gasteiger partial charge is 0.274 e. The largest absolute Gasteiger partial charge is 0.349 e. The van der Waals surface area contributed by atoms with Crippen molar-refractivity contribution in [1.82, 2.24) is 24.8 Å². The molecule has 156 valence electrons. The first-order chi connectivity index (χ1) is 14.3. The summed E-state index contributed by atoms with van der Waals surface area (Å²) in [5.74, 6) is -0.272. The molecule has 1 aromatic carbocycles. The second kappa shape index (κ2) is 7.78. The van der Waals surface area contributed by atoms with Gasteiger partial charge in [0.05, 0.1) is 0 Å². The minimum absolute atomic E-state index is 0.0213. The summed E-state index contributed by atoms with van der Waals surface area (Å²) >= 11 is 0. The van der Waals surface area contributed by atoms with E-state index in [0.29, 0.717) is 42.7 Å². The third-order valence-electron chi connectivity index (χ3n) is 5.57. The molecule has 8 heteroatoms. The maximum Gasteiger partial charge on any atom is 0.274 e. The van der Waals surface area contributed by atoms with E-state index in [-0.39, 0.29) is 29.1 Å². The third kappa shape index (κ3) is 3.85. The molecule has 30 heavy (non-hydrogen) atoms. The number of nitrogens with zero attached hydrogens (tertiary/aromatic N) is 3. The fourth-order valence-electron chi connectivity index (χ4n) is 3.86. The fraction of sp³-hybridized carbons (Fsp3) is 0.364. The summed E-state index contributed by atoms with van der Waals surface area (Å²) in [4.78, 5) is 42.0. The second-order valence-corrected chi connectivity index (χ2v) is 7.98. The molecule has 4 rings (SSSR count). The van der Waals surface area contributed by atoms with Gasteiger partial charge in [0, 0.05) is 42.7 Å². The molecule has 0 atom stereocenters. The number of rotatable bonds is 3. The number of fused-ring (bicyclic) bond motifs is 1. The van der Waals surface area contributed by atoms with E-state index in [4.69, 9.17) is 0 Å². The van der Waals surface area contributed by atoms with Gasteiger partial charge in [-0.05, 0) is 45.2 Å². The SMILES string of the molecule is Cc1ccc(C)c(C(=O)NC2CCN(C(=O)c3cc4c(=O)[nH]c(C)cn4n3)CC2)c1. The van der Waals surface area contributed by atoms with Crippen LogP contribution >= 0.6 is 0 Å². The summed E-state index contributed by atoms with van der Waals surface area (Å²) < 4.78 is 1.44. The molecule has 8 nitrogen and oxygen atoms in total. The molecule has 2 aromatic heterocycles. The normalized spacial score (nSPS) is 14.8. The molecule has 1 saturated heterocycles. The van der Waals surface area contributed by atoms with Gasteiger partial charge < -0.3 is 15.2 Å². The van der Waals surface area contributed by atoms with Crippen molar-refractivity contribution in [2.24, 2.45) is 0 Å². The Hall–Kier alpha value is -3.42. The van der Waals surface area contributed by atoms with Gasteiger partial charge in [-0.15, -0.1) is 0 Å².